The van der Waals surface area contributed by atoms with Crippen LogP contribution in [0.25, 0.3) is 22.0 Å². The van der Waals surface area contributed by atoms with E-state index in [-0.39, 0.29) is 36.9 Å². The molecule has 2 aromatic heterocycles. The molecule has 1 fully saturated rings. The zero-order chi connectivity index (χ0) is 25.3. The molecule has 1 unspecified atom stereocenters. The maximum atomic E-state index is 13.7. The van der Waals surface area contributed by atoms with E-state index in [4.69, 9.17) is 26.8 Å². The van der Waals surface area contributed by atoms with Gasteiger partial charge in [0.2, 0.25) is 10.0 Å². The van der Waals surface area contributed by atoms with E-state index in [0.717, 1.165) is 11.1 Å². The first kappa shape index (κ1) is 24.2. The summed E-state index contributed by atoms with van der Waals surface area (Å²) in [6.07, 6.45) is 4.28. The third-order valence-electron chi connectivity index (χ3n) is 5.84. The third kappa shape index (κ3) is 4.65. The van der Waals surface area contributed by atoms with Crippen LogP contribution in [0.2, 0.25) is 5.02 Å². The monoisotopic (exact) mass is 527 g/mol. The van der Waals surface area contributed by atoms with Crippen molar-refractivity contribution < 1.29 is 22.7 Å². The Morgan fingerprint density at radius 1 is 1.22 bits per heavy atom. The summed E-state index contributed by atoms with van der Waals surface area (Å²) in [7, 11) is -4.11. The number of morpholine rings is 1. The van der Waals surface area contributed by atoms with Gasteiger partial charge in [0.1, 0.15) is 35.4 Å². The second kappa shape index (κ2) is 9.86. The van der Waals surface area contributed by atoms with Gasteiger partial charge in [-0.3, -0.25) is 4.79 Å². The third-order valence-corrected chi connectivity index (χ3v) is 8.03. The Morgan fingerprint density at radius 2 is 2.00 bits per heavy atom. The van der Waals surface area contributed by atoms with Gasteiger partial charge in [0.05, 0.1) is 6.61 Å². The van der Waals surface area contributed by atoms with Crippen molar-refractivity contribution in [3.63, 3.8) is 0 Å². The number of para-hydroxylation sites is 1. The van der Waals surface area contributed by atoms with Gasteiger partial charge in [-0.25, -0.2) is 18.4 Å². The molecule has 0 radical (unpaired) electrons. The average molecular weight is 528 g/mol. The summed E-state index contributed by atoms with van der Waals surface area (Å²) in [6.45, 7) is 0.419. The Kier molecular flexibility index (Phi) is 6.63. The quantitative estimate of drug-likeness (QED) is 0.376. The number of hydrogen-bond acceptors (Lipinski definition) is 7. The van der Waals surface area contributed by atoms with Crippen LogP contribution < -0.4 is 10.5 Å². The Labute approximate surface area is 212 Å². The normalized spacial score (nSPS) is 16.8. The highest BCUT2D eigenvalue weighted by atomic mass is 35.5. The highest BCUT2D eigenvalue weighted by molar-refractivity contribution is 7.89. The SMILES string of the molecule is NC(=O)c1[nH]c2ccc(Cl)cc2c1S(=O)(=O)N1CCOC(COc2ccccc2-c2cncnc2)C1. The van der Waals surface area contributed by atoms with Crippen LogP contribution >= 0.6 is 11.6 Å². The predicted octanol–water partition coefficient (Wildman–Crippen LogP) is 2.85. The Bertz CT molecular complexity index is 1530. The summed E-state index contributed by atoms with van der Waals surface area (Å²) in [5.41, 5.74) is 7.36. The van der Waals surface area contributed by atoms with Crippen LogP contribution in [-0.4, -0.2) is 66.0 Å². The first-order chi connectivity index (χ1) is 17.3. The van der Waals surface area contributed by atoms with Crippen LogP contribution in [-0.2, 0) is 14.8 Å². The molecule has 36 heavy (non-hydrogen) atoms. The number of nitrogens with two attached hydrogens (primary N) is 1. The highest BCUT2D eigenvalue weighted by Gasteiger charge is 2.36. The van der Waals surface area contributed by atoms with Crippen molar-refractivity contribution in [2.24, 2.45) is 5.73 Å². The molecule has 2 aromatic carbocycles. The molecule has 4 aromatic rings. The molecule has 0 bridgehead atoms. The molecular formula is C24H22ClN5O5S. The number of rotatable bonds is 7. The van der Waals surface area contributed by atoms with Crippen LogP contribution in [0.4, 0.5) is 0 Å². The van der Waals surface area contributed by atoms with Gasteiger partial charge >= 0.3 is 0 Å². The van der Waals surface area contributed by atoms with Gasteiger partial charge in [0, 0.05) is 52.5 Å². The number of benzene rings is 2. The zero-order valence-electron chi connectivity index (χ0n) is 18.9. The summed E-state index contributed by atoms with van der Waals surface area (Å²) in [5.74, 6) is -0.284. The molecule has 5 rings (SSSR count). The molecule has 1 saturated heterocycles. The lowest BCUT2D eigenvalue weighted by Gasteiger charge is -2.32. The molecule has 0 aliphatic carbocycles. The minimum Gasteiger partial charge on any atom is -0.490 e. The summed E-state index contributed by atoms with van der Waals surface area (Å²) in [5, 5.41) is 0.638. The van der Waals surface area contributed by atoms with Crippen molar-refractivity contribution in [2.45, 2.75) is 11.0 Å². The van der Waals surface area contributed by atoms with E-state index in [1.807, 2.05) is 24.3 Å². The number of ether oxygens (including phenoxy) is 2. The molecule has 1 aliphatic heterocycles. The average Bonchev–Trinajstić information content (AvgIpc) is 3.28. The van der Waals surface area contributed by atoms with E-state index in [1.165, 1.54) is 16.7 Å². The van der Waals surface area contributed by atoms with E-state index in [2.05, 4.69) is 15.0 Å². The molecule has 1 amide bonds. The lowest BCUT2D eigenvalue weighted by atomic mass is 10.1. The van der Waals surface area contributed by atoms with Crippen molar-refractivity contribution in [3.05, 3.63) is 71.9 Å². The van der Waals surface area contributed by atoms with E-state index in [9.17, 15) is 13.2 Å². The highest BCUT2D eigenvalue weighted by Crippen LogP contribution is 2.33. The van der Waals surface area contributed by atoms with E-state index in [0.29, 0.717) is 21.7 Å². The maximum Gasteiger partial charge on any atom is 0.266 e. The molecule has 3 heterocycles. The van der Waals surface area contributed by atoms with Crippen LogP contribution in [0.3, 0.4) is 0 Å². The smallest absolute Gasteiger partial charge is 0.266 e. The minimum atomic E-state index is -4.11. The maximum absolute atomic E-state index is 13.7. The van der Waals surface area contributed by atoms with Crippen LogP contribution in [0.5, 0.6) is 5.75 Å². The second-order valence-electron chi connectivity index (χ2n) is 8.17. The van der Waals surface area contributed by atoms with Crippen LogP contribution in [0, 0.1) is 0 Å². The molecule has 3 N–H and O–H groups in total. The van der Waals surface area contributed by atoms with Crippen LogP contribution in [0.1, 0.15) is 10.5 Å². The lowest BCUT2D eigenvalue weighted by Crippen LogP contribution is -2.47. The van der Waals surface area contributed by atoms with Gasteiger partial charge in [-0.15, -0.1) is 0 Å². The number of carbonyl (C=O) groups excluding carboxylic acids is 1. The fourth-order valence-corrected chi connectivity index (χ4v) is 6.14. The first-order valence-electron chi connectivity index (χ1n) is 11.0. The molecule has 12 heteroatoms. The standard InChI is InChI=1S/C24H22ClN5O5S/c25-16-5-6-20-19(9-16)23(22(29-20)24(26)31)36(32,33)30-7-8-34-17(12-30)13-35-21-4-2-1-3-18(21)15-10-27-14-28-11-15/h1-6,9-11,14,17,29H,7-8,12-13H2,(H2,26,31). The van der Waals surface area contributed by atoms with Gasteiger partial charge < -0.3 is 20.2 Å². The number of aromatic nitrogens is 3. The van der Waals surface area contributed by atoms with Gasteiger partial charge in [0.25, 0.3) is 5.91 Å². The molecule has 10 nitrogen and oxygen atoms in total. The van der Waals surface area contributed by atoms with Crippen molar-refractivity contribution in [1.29, 1.82) is 0 Å². The second-order valence-corrected chi connectivity index (χ2v) is 10.5. The van der Waals surface area contributed by atoms with Crippen molar-refractivity contribution in [2.75, 3.05) is 26.3 Å². The Morgan fingerprint density at radius 3 is 2.78 bits per heavy atom. The van der Waals surface area contributed by atoms with E-state index in [1.54, 1.807) is 24.5 Å². The number of carbonyl (C=O) groups is 1. The lowest BCUT2D eigenvalue weighted by molar-refractivity contribution is -0.0248. The number of fused-ring (bicyclic) bond motifs is 1. The predicted molar refractivity (Wildman–Crippen MR) is 133 cm³/mol. The van der Waals surface area contributed by atoms with Gasteiger partial charge in [0.15, 0.2) is 0 Å². The van der Waals surface area contributed by atoms with Crippen molar-refractivity contribution in [1.82, 2.24) is 19.3 Å². The van der Waals surface area contributed by atoms with Gasteiger partial charge in [-0.2, -0.15) is 4.31 Å². The summed E-state index contributed by atoms with van der Waals surface area (Å²) in [4.78, 5) is 22.8. The molecule has 1 aliphatic rings. The Hall–Kier alpha value is -3.51. The largest absolute Gasteiger partial charge is 0.490 e. The minimum absolute atomic E-state index is 0.0321. The number of amides is 1. The van der Waals surface area contributed by atoms with E-state index >= 15 is 0 Å². The first-order valence-corrected chi connectivity index (χ1v) is 12.9. The number of H-pyrrole nitrogens is 1. The molecule has 0 spiro atoms. The zero-order valence-corrected chi connectivity index (χ0v) is 20.5. The summed E-state index contributed by atoms with van der Waals surface area (Å²) < 4.78 is 40.5. The number of hydrogen-bond donors (Lipinski definition) is 2. The number of nitrogens with one attached hydrogen (secondary N) is 1. The van der Waals surface area contributed by atoms with Gasteiger partial charge in [-0.1, -0.05) is 29.8 Å². The molecule has 0 saturated carbocycles. The van der Waals surface area contributed by atoms with Gasteiger partial charge in [-0.05, 0) is 24.3 Å². The van der Waals surface area contributed by atoms with Crippen LogP contribution in [0.15, 0.2) is 66.1 Å². The summed E-state index contributed by atoms with van der Waals surface area (Å²) in [6, 6.07) is 12.1. The topological polar surface area (TPSA) is 140 Å². The Balaban J connectivity index is 1.38. The van der Waals surface area contributed by atoms with E-state index < -0.39 is 22.0 Å². The number of sulfonamides is 1. The van der Waals surface area contributed by atoms with Crippen molar-refractivity contribution >= 4 is 38.4 Å². The summed E-state index contributed by atoms with van der Waals surface area (Å²) >= 11 is 6.11. The molecule has 186 valence electrons. The number of aromatic amines is 1. The fraction of sp³-hybridized carbons (Fsp3) is 0.208. The number of halogens is 1. The van der Waals surface area contributed by atoms with Crippen molar-refractivity contribution in [3.8, 4) is 16.9 Å². The molecular weight excluding hydrogens is 506 g/mol. The fourth-order valence-electron chi connectivity index (χ4n) is 4.17. The number of nitrogens with zero attached hydrogens (tertiary/aromatic N) is 3. The molecule has 1 atom stereocenters. The number of primary amides is 1.